The van der Waals surface area contributed by atoms with E-state index in [1.54, 1.807) is 39.0 Å². The van der Waals surface area contributed by atoms with Gasteiger partial charge in [0, 0.05) is 180 Å². The van der Waals surface area contributed by atoms with Crippen LogP contribution in [0.1, 0.15) is 169 Å². The van der Waals surface area contributed by atoms with Crippen molar-refractivity contribution in [2.75, 3.05) is 115 Å². The van der Waals surface area contributed by atoms with Gasteiger partial charge in [-0.2, -0.15) is 0 Å². The number of nitrogens with zero attached hydrogens (tertiary/aromatic N) is 6. The van der Waals surface area contributed by atoms with Crippen LogP contribution in [0.4, 0.5) is 82.9 Å². The monoisotopic (exact) mass is 1600 g/mol. The molecule has 6 aliphatic rings. The molecule has 0 bridgehead atoms. The van der Waals surface area contributed by atoms with Gasteiger partial charge in [0.2, 0.25) is 0 Å². The molecule has 6 aliphatic heterocycles. The van der Waals surface area contributed by atoms with E-state index in [1.165, 1.54) is 93.6 Å². The van der Waals surface area contributed by atoms with E-state index in [-0.39, 0.29) is 112 Å². The molecule has 12 nitrogen and oxygen atoms in total. The van der Waals surface area contributed by atoms with E-state index in [4.69, 9.17) is 0 Å². The summed E-state index contributed by atoms with van der Waals surface area (Å²) >= 11 is 0. The average molecular weight is 1600 g/mol. The normalized spacial score (nSPS) is 22.3. The van der Waals surface area contributed by atoms with Crippen LogP contribution in [0.5, 0.6) is 0 Å². The van der Waals surface area contributed by atoms with Gasteiger partial charge in [-0.25, -0.2) is 52.7 Å². The summed E-state index contributed by atoms with van der Waals surface area (Å²) in [6, 6.07) is 17.8. The molecule has 0 saturated carbocycles. The van der Waals surface area contributed by atoms with Crippen molar-refractivity contribution in [3.8, 4) is 0 Å². The molecular weight excluding hydrogens is 1500 g/mol. The number of nitrogens with one attached hydrogen (secondary N) is 6. The lowest BCUT2D eigenvalue weighted by atomic mass is 9.86. The topological polar surface area (TPSA) is 103 Å². The molecular formula is C87H105F15N12. The van der Waals surface area contributed by atoms with E-state index in [9.17, 15) is 26.3 Å². The maximum atomic E-state index is 15.8. The minimum absolute atomic E-state index is 0.00578. The van der Waals surface area contributed by atoms with Crippen LogP contribution < -0.4 is 16.0 Å². The molecule has 6 aromatic carbocycles. The van der Waals surface area contributed by atoms with Crippen molar-refractivity contribution in [1.29, 1.82) is 0 Å². The Balaban J connectivity index is 0.000000149. The van der Waals surface area contributed by atoms with Gasteiger partial charge in [-0.1, -0.05) is 20.8 Å². The van der Waals surface area contributed by atoms with Crippen molar-refractivity contribution in [2.24, 2.45) is 0 Å². The van der Waals surface area contributed by atoms with Crippen LogP contribution >= 0.6 is 0 Å². The molecule has 27 heteroatoms. The first kappa shape index (κ1) is 84.0. The Morgan fingerprint density at radius 2 is 0.605 bits per heavy atom. The summed E-state index contributed by atoms with van der Waals surface area (Å²) in [5.74, 6) is -5.57. The molecule has 0 spiro atoms. The van der Waals surface area contributed by atoms with Gasteiger partial charge in [0.15, 0.2) is 0 Å². The van der Waals surface area contributed by atoms with Crippen molar-refractivity contribution in [3.05, 3.63) is 194 Å². The fourth-order valence-electron chi connectivity index (χ4n) is 17.6. The van der Waals surface area contributed by atoms with Gasteiger partial charge < -0.3 is 30.9 Å². The number of likely N-dealkylation sites (tertiary alicyclic amines) is 3. The smallest absolute Gasteiger partial charge is 0.133 e. The van der Waals surface area contributed by atoms with E-state index in [1.807, 2.05) is 35.5 Å². The standard InChI is InChI=1S/3C29H35F5N4/c3*1-4-29(3,34)16-38-17(2)10-22-21-7-6-18(31)11-25(21)36-27(22)28(38)26-23(32)12-19(13-24(26)33)35-20-14-37(15-20)9-5-8-30/h3*6-7,11-13,17,20,28,35-36H,4-5,8-10,14-16H2,1-3H3/t17-,28-,29+;2*17-,28-,29-/m110/s1. The summed E-state index contributed by atoms with van der Waals surface area (Å²) in [6.45, 7) is 20.5. The third-order valence-corrected chi connectivity index (χ3v) is 24.3. The second-order valence-electron chi connectivity index (χ2n) is 33.3. The zero-order chi connectivity index (χ0) is 81.6. The van der Waals surface area contributed by atoms with Crippen LogP contribution in [0.3, 0.4) is 0 Å². The van der Waals surface area contributed by atoms with Gasteiger partial charge in [-0.05, 0) is 207 Å². The highest BCUT2D eigenvalue weighted by molar-refractivity contribution is 5.87. The van der Waals surface area contributed by atoms with Crippen LogP contribution in [-0.2, 0) is 19.3 Å². The van der Waals surface area contributed by atoms with Crippen molar-refractivity contribution in [2.45, 2.75) is 191 Å². The van der Waals surface area contributed by atoms with E-state index >= 15 is 39.5 Å². The third-order valence-electron chi connectivity index (χ3n) is 24.3. The van der Waals surface area contributed by atoms with E-state index in [0.717, 1.165) is 32.8 Å². The number of aromatic amines is 3. The predicted octanol–water partition coefficient (Wildman–Crippen LogP) is 19.5. The van der Waals surface area contributed by atoms with Crippen LogP contribution in [0.15, 0.2) is 91.0 Å². The quantitative estimate of drug-likeness (QED) is 0.0281. The zero-order valence-electron chi connectivity index (χ0n) is 66.2. The number of aromatic nitrogens is 3. The first-order valence-corrected chi connectivity index (χ1v) is 40.1. The van der Waals surface area contributed by atoms with Gasteiger partial charge in [0.1, 0.15) is 69.4 Å². The minimum Gasteiger partial charge on any atom is -0.380 e. The molecule has 0 radical (unpaired) electrons. The highest BCUT2D eigenvalue weighted by Crippen LogP contribution is 2.49. The Labute approximate surface area is 656 Å². The number of H-pyrrole nitrogens is 3. The third kappa shape index (κ3) is 18.1. The first-order chi connectivity index (χ1) is 54.3. The van der Waals surface area contributed by atoms with Crippen LogP contribution in [0, 0.1) is 52.4 Å². The number of halogens is 15. The maximum absolute atomic E-state index is 15.8. The molecule has 3 saturated heterocycles. The Morgan fingerprint density at radius 1 is 0.368 bits per heavy atom. The number of anilines is 3. The molecule has 9 heterocycles. The van der Waals surface area contributed by atoms with E-state index in [0.29, 0.717) is 148 Å². The van der Waals surface area contributed by atoms with Crippen LogP contribution in [0.2, 0.25) is 0 Å². The van der Waals surface area contributed by atoms with Gasteiger partial charge in [0.25, 0.3) is 0 Å². The Bertz CT molecular complexity index is 4300. The molecule has 0 aliphatic carbocycles. The summed E-state index contributed by atoms with van der Waals surface area (Å²) in [4.78, 5) is 21.4. The Hall–Kier alpha value is -7.95. The van der Waals surface area contributed by atoms with Crippen LogP contribution in [-0.4, -0.2) is 196 Å². The SMILES string of the molecule is CC[C@@](C)(F)CN1[C@H](c2c(F)cc(NC3CN(CCCF)C3)cc2F)c2[nH]c3cc(F)ccc3c2C[C@H]1C.CC[C@](C)(F)CN1[C@@H](c2c(F)cc(NC3CN(CCCF)C3)cc2F)c2[nH]c3cc(F)ccc3c2C[C@@H]1C.CC[C@](C)(F)CN1[C@H](c2c(F)cc(NC3CN(CCCF)C3)cc2F)c2[nH]c3cc(F)ccc3c2C[C@H]1C. The molecule has 15 rings (SSSR count). The molecule has 618 valence electrons. The molecule has 9 atom stereocenters. The number of benzene rings is 6. The second-order valence-corrected chi connectivity index (χ2v) is 33.3. The van der Waals surface area contributed by atoms with Crippen molar-refractivity contribution in [1.82, 2.24) is 44.4 Å². The number of alkyl halides is 6. The van der Waals surface area contributed by atoms with E-state index in [2.05, 4.69) is 45.6 Å². The number of hydrogen-bond donors (Lipinski definition) is 6. The lowest BCUT2D eigenvalue weighted by Crippen LogP contribution is -2.54. The van der Waals surface area contributed by atoms with Crippen molar-refractivity contribution >= 4 is 49.8 Å². The Kier molecular flexibility index (Phi) is 25.6. The molecule has 9 aromatic rings. The predicted molar refractivity (Wildman–Crippen MR) is 422 cm³/mol. The molecule has 114 heavy (non-hydrogen) atoms. The van der Waals surface area contributed by atoms with Gasteiger partial charge in [0.05, 0.1) is 56.3 Å². The summed E-state index contributed by atoms with van der Waals surface area (Å²) in [6.07, 6.45) is 3.81. The Morgan fingerprint density at radius 3 is 0.825 bits per heavy atom. The number of fused-ring (bicyclic) bond motifs is 9. The van der Waals surface area contributed by atoms with Crippen molar-refractivity contribution in [3.63, 3.8) is 0 Å². The fraction of sp³-hybridized carbons (Fsp3) is 0.517. The van der Waals surface area contributed by atoms with Gasteiger partial charge in [-0.3, -0.25) is 42.6 Å². The lowest BCUT2D eigenvalue weighted by molar-refractivity contribution is 0.0515. The summed E-state index contributed by atoms with van der Waals surface area (Å²) < 4.78 is 220. The molecule has 6 N–H and O–H groups in total. The highest BCUT2D eigenvalue weighted by atomic mass is 19.2. The average Bonchev–Trinajstić information content (AvgIpc) is 1.55. The second kappa shape index (κ2) is 34.7. The van der Waals surface area contributed by atoms with E-state index < -0.39 is 87.5 Å². The van der Waals surface area contributed by atoms with Gasteiger partial charge in [-0.15, -0.1) is 0 Å². The summed E-state index contributed by atoms with van der Waals surface area (Å²) in [5, 5.41) is 11.9. The fourth-order valence-corrected chi connectivity index (χ4v) is 17.6. The molecule has 3 aromatic heterocycles. The maximum Gasteiger partial charge on any atom is 0.133 e. The number of hydrogen-bond acceptors (Lipinski definition) is 9. The molecule has 0 unspecified atom stereocenters. The largest absolute Gasteiger partial charge is 0.380 e. The lowest BCUT2D eigenvalue weighted by Gasteiger charge is -2.43. The zero-order valence-corrected chi connectivity index (χ0v) is 66.2. The summed E-state index contributed by atoms with van der Waals surface area (Å²) in [5.41, 5.74) is 1.81. The summed E-state index contributed by atoms with van der Waals surface area (Å²) in [7, 11) is 0. The number of rotatable bonds is 27. The molecule has 0 amide bonds. The minimum atomic E-state index is -1.56. The van der Waals surface area contributed by atoms with Gasteiger partial charge >= 0.3 is 0 Å². The molecule has 3 fully saturated rings. The first-order valence-electron chi connectivity index (χ1n) is 40.1. The van der Waals surface area contributed by atoms with Crippen molar-refractivity contribution < 1.29 is 65.9 Å². The van der Waals surface area contributed by atoms with Crippen LogP contribution in [0.25, 0.3) is 32.7 Å². The highest BCUT2D eigenvalue weighted by Gasteiger charge is 2.46.